The maximum Gasteiger partial charge on any atom is 0.137 e. The Bertz CT molecular complexity index is 735. The Kier molecular flexibility index (Phi) is 2.23. The number of halogens is 1. The molecule has 3 aromatic rings. The van der Waals surface area contributed by atoms with Gasteiger partial charge in [-0.3, -0.25) is 0 Å². The van der Waals surface area contributed by atoms with Crippen LogP contribution in [0.2, 0.25) is 0 Å². The molecule has 3 rings (SSSR count). The van der Waals surface area contributed by atoms with Gasteiger partial charge in [-0.05, 0) is 51.0 Å². The lowest BCUT2D eigenvalue weighted by Crippen LogP contribution is -1.79. The van der Waals surface area contributed by atoms with Crippen molar-refractivity contribution in [3.8, 4) is 11.5 Å². The number of hydrogen-bond donors (Lipinski definition) is 2. The number of phenols is 2. The highest BCUT2D eigenvalue weighted by atomic mass is 79.9. The summed E-state index contributed by atoms with van der Waals surface area (Å²) in [5.74, 6) is 0.427. The van der Waals surface area contributed by atoms with Crippen LogP contribution in [-0.4, -0.2) is 10.2 Å². The Morgan fingerprint density at radius 2 is 1.59 bits per heavy atom. The van der Waals surface area contributed by atoms with E-state index < -0.39 is 0 Å². The monoisotopic (exact) mass is 288 g/mol. The van der Waals surface area contributed by atoms with Crippen molar-refractivity contribution < 1.29 is 10.2 Å². The minimum absolute atomic E-state index is 0.202. The third-order valence-corrected chi connectivity index (χ3v) is 3.56. The molecule has 2 nitrogen and oxygen atoms in total. The second-order valence-corrected chi connectivity index (χ2v) is 4.82. The van der Waals surface area contributed by atoms with Gasteiger partial charge in [0.25, 0.3) is 0 Å². The summed E-state index contributed by atoms with van der Waals surface area (Å²) in [6, 6.07) is 12.9. The maximum absolute atomic E-state index is 9.98. The summed E-state index contributed by atoms with van der Waals surface area (Å²) in [4.78, 5) is 0. The van der Waals surface area contributed by atoms with Crippen LogP contribution in [0.3, 0.4) is 0 Å². The van der Waals surface area contributed by atoms with Crippen molar-refractivity contribution >= 4 is 37.5 Å². The lowest BCUT2D eigenvalue weighted by Gasteiger charge is -2.06. The zero-order chi connectivity index (χ0) is 12.0. The second kappa shape index (κ2) is 3.64. The molecule has 0 amide bonds. The third-order valence-electron chi connectivity index (χ3n) is 2.92. The molecule has 0 radical (unpaired) electrons. The first-order valence-electron chi connectivity index (χ1n) is 5.20. The molecule has 17 heavy (non-hydrogen) atoms. The first-order chi connectivity index (χ1) is 8.16. The average molecular weight is 289 g/mol. The summed E-state index contributed by atoms with van der Waals surface area (Å²) in [6.45, 7) is 0. The van der Waals surface area contributed by atoms with Gasteiger partial charge in [0.1, 0.15) is 11.5 Å². The fourth-order valence-corrected chi connectivity index (χ4v) is 2.39. The highest BCUT2D eigenvalue weighted by molar-refractivity contribution is 9.10. The summed E-state index contributed by atoms with van der Waals surface area (Å²) in [6.07, 6.45) is 0. The Balaban J connectivity index is 2.53. The van der Waals surface area contributed by atoms with Crippen LogP contribution in [0.15, 0.2) is 46.9 Å². The van der Waals surface area contributed by atoms with Gasteiger partial charge in [0.2, 0.25) is 0 Å². The molecule has 0 aliphatic carbocycles. The summed E-state index contributed by atoms with van der Waals surface area (Å²) < 4.78 is 0.653. The minimum Gasteiger partial charge on any atom is -0.507 e. The van der Waals surface area contributed by atoms with Gasteiger partial charge in [-0.25, -0.2) is 0 Å². The molecule has 84 valence electrons. The van der Waals surface area contributed by atoms with E-state index >= 15 is 0 Å². The number of hydrogen-bond acceptors (Lipinski definition) is 2. The molecule has 0 saturated carbocycles. The van der Waals surface area contributed by atoms with Crippen molar-refractivity contribution in [1.82, 2.24) is 0 Å². The van der Waals surface area contributed by atoms with Gasteiger partial charge in [0.05, 0.1) is 4.47 Å². The van der Waals surface area contributed by atoms with Gasteiger partial charge >= 0.3 is 0 Å². The molecule has 0 aromatic heterocycles. The van der Waals surface area contributed by atoms with Gasteiger partial charge in [-0.15, -0.1) is 0 Å². The molecule has 0 unspecified atom stereocenters. The maximum atomic E-state index is 9.98. The SMILES string of the molecule is Oc1cccc2cc3ccc(Br)c(O)c3cc12. The van der Waals surface area contributed by atoms with E-state index in [9.17, 15) is 10.2 Å². The van der Waals surface area contributed by atoms with E-state index in [0.717, 1.165) is 21.5 Å². The van der Waals surface area contributed by atoms with Crippen molar-refractivity contribution in [2.24, 2.45) is 0 Å². The quantitative estimate of drug-likeness (QED) is 0.610. The fraction of sp³-hybridized carbons (Fsp3) is 0. The van der Waals surface area contributed by atoms with E-state index in [0.29, 0.717) is 4.47 Å². The van der Waals surface area contributed by atoms with Crippen LogP contribution in [0.25, 0.3) is 21.5 Å². The van der Waals surface area contributed by atoms with Gasteiger partial charge in [-0.2, -0.15) is 0 Å². The minimum atomic E-state index is 0.202. The number of benzene rings is 3. The molecule has 2 N–H and O–H groups in total. The normalized spacial score (nSPS) is 11.1. The van der Waals surface area contributed by atoms with Crippen molar-refractivity contribution in [3.05, 3.63) is 46.9 Å². The van der Waals surface area contributed by atoms with E-state index in [4.69, 9.17) is 0 Å². The number of phenolic OH excluding ortho intramolecular Hbond substituents is 2. The van der Waals surface area contributed by atoms with Crippen LogP contribution in [0, 0.1) is 0 Å². The third kappa shape index (κ3) is 1.54. The number of aromatic hydroxyl groups is 2. The average Bonchev–Trinajstić information content (AvgIpc) is 2.33. The van der Waals surface area contributed by atoms with Crippen LogP contribution in [-0.2, 0) is 0 Å². The predicted octanol–water partition coefficient (Wildman–Crippen LogP) is 4.17. The predicted molar refractivity (Wildman–Crippen MR) is 72.5 cm³/mol. The van der Waals surface area contributed by atoms with Crippen LogP contribution in [0.4, 0.5) is 0 Å². The van der Waals surface area contributed by atoms with Crippen LogP contribution >= 0.6 is 15.9 Å². The van der Waals surface area contributed by atoms with Crippen molar-refractivity contribution in [1.29, 1.82) is 0 Å². The first kappa shape index (κ1) is 10.4. The molecule has 3 aromatic carbocycles. The summed E-state index contributed by atoms with van der Waals surface area (Å²) >= 11 is 3.29. The van der Waals surface area contributed by atoms with Crippen molar-refractivity contribution in [2.75, 3.05) is 0 Å². The molecule has 0 saturated heterocycles. The highest BCUT2D eigenvalue weighted by Gasteiger charge is 2.07. The largest absolute Gasteiger partial charge is 0.507 e. The molecule has 0 spiro atoms. The van der Waals surface area contributed by atoms with E-state index in [2.05, 4.69) is 15.9 Å². The Morgan fingerprint density at radius 1 is 0.824 bits per heavy atom. The van der Waals surface area contributed by atoms with Gasteiger partial charge in [0.15, 0.2) is 0 Å². The molecular formula is C14H9BrO2. The molecule has 0 atom stereocenters. The van der Waals surface area contributed by atoms with Gasteiger partial charge < -0.3 is 10.2 Å². The molecule has 0 bridgehead atoms. The highest BCUT2D eigenvalue weighted by Crippen LogP contribution is 2.36. The number of rotatable bonds is 0. The summed E-state index contributed by atoms with van der Waals surface area (Å²) in [7, 11) is 0. The summed E-state index contributed by atoms with van der Waals surface area (Å²) in [5.41, 5.74) is 0. The standard InChI is InChI=1S/C14H9BrO2/c15-12-5-4-9-6-8-2-1-3-13(16)10(8)7-11(9)14(12)17/h1-7,16-17H. The Morgan fingerprint density at radius 3 is 2.41 bits per heavy atom. The van der Waals surface area contributed by atoms with E-state index in [1.165, 1.54) is 0 Å². The Hall–Kier alpha value is -1.74. The zero-order valence-corrected chi connectivity index (χ0v) is 10.4. The van der Waals surface area contributed by atoms with Crippen LogP contribution in [0.5, 0.6) is 11.5 Å². The molecule has 0 aliphatic rings. The van der Waals surface area contributed by atoms with Crippen LogP contribution < -0.4 is 0 Å². The molecule has 0 heterocycles. The zero-order valence-electron chi connectivity index (χ0n) is 8.81. The lowest BCUT2D eigenvalue weighted by atomic mass is 10.0. The Labute approximate surface area is 106 Å². The molecule has 0 aliphatic heterocycles. The topological polar surface area (TPSA) is 40.5 Å². The summed E-state index contributed by atoms with van der Waals surface area (Å²) in [5, 5.41) is 23.2. The first-order valence-corrected chi connectivity index (χ1v) is 5.99. The lowest BCUT2D eigenvalue weighted by molar-refractivity contribution is 0.478. The molecular weight excluding hydrogens is 280 g/mol. The van der Waals surface area contributed by atoms with Crippen molar-refractivity contribution in [2.45, 2.75) is 0 Å². The van der Waals surface area contributed by atoms with E-state index in [1.807, 2.05) is 30.3 Å². The smallest absolute Gasteiger partial charge is 0.137 e. The molecule has 3 heteroatoms. The van der Waals surface area contributed by atoms with E-state index in [-0.39, 0.29) is 11.5 Å². The number of fused-ring (bicyclic) bond motifs is 2. The molecule has 0 fully saturated rings. The van der Waals surface area contributed by atoms with Crippen LogP contribution in [0.1, 0.15) is 0 Å². The van der Waals surface area contributed by atoms with Gasteiger partial charge in [0, 0.05) is 10.8 Å². The second-order valence-electron chi connectivity index (χ2n) is 3.97. The van der Waals surface area contributed by atoms with Gasteiger partial charge in [-0.1, -0.05) is 18.2 Å². The van der Waals surface area contributed by atoms with E-state index in [1.54, 1.807) is 12.1 Å². The fourth-order valence-electron chi connectivity index (χ4n) is 2.04. The van der Waals surface area contributed by atoms with Crippen molar-refractivity contribution in [3.63, 3.8) is 0 Å².